The van der Waals surface area contributed by atoms with Crippen LogP contribution in [0.15, 0.2) is 42.7 Å². The fraction of sp³-hybridized carbons (Fsp3) is 0.0769. The van der Waals surface area contributed by atoms with Crippen molar-refractivity contribution in [2.45, 2.75) is 6.92 Å². The number of rotatable bonds is 0. The molecule has 2 heterocycles. The van der Waals surface area contributed by atoms with Crippen molar-refractivity contribution in [3.8, 4) is 0 Å². The van der Waals surface area contributed by atoms with E-state index in [1.54, 1.807) is 0 Å². The zero-order valence-corrected chi connectivity index (χ0v) is 8.44. The summed E-state index contributed by atoms with van der Waals surface area (Å²) in [4.78, 5) is 8.63. The van der Waals surface area contributed by atoms with Gasteiger partial charge in [-0.15, -0.1) is 0 Å². The minimum absolute atomic E-state index is 1.04. The van der Waals surface area contributed by atoms with Gasteiger partial charge < -0.3 is 0 Å². The highest BCUT2D eigenvalue weighted by atomic mass is 14.7. The van der Waals surface area contributed by atoms with Gasteiger partial charge in [0.2, 0.25) is 0 Å². The summed E-state index contributed by atoms with van der Waals surface area (Å²) in [5.41, 5.74) is 2.08. The van der Waals surface area contributed by atoms with Crippen molar-refractivity contribution < 1.29 is 0 Å². The van der Waals surface area contributed by atoms with Gasteiger partial charge in [-0.05, 0) is 30.5 Å². The van der Waals surface area contributed by atoms with Crippen molar-refractivity contribution in [2.24, 2.45) is 0 Å². The smallest absolute Gasteiger partial charge is 0.0708 e. The fourth-order valence-corrected chi connectivity index (χ4v) is 1.88. The number of aryl methyl sites for hydroxylation is 1. The van der Waals surface area contributed by atoms with Gasteiger partial charge in [-0.3, -0.25) is 9.97 Å². The highest BCUT2D eigenvalue weighted by molar-refractivity contribution is 6.05. The summed E-state index contributed by atoms with van der Waals surface area (Å²) in [5, 5.41) is 3.59. The van der Waals surface area contributed by atoms with Crippen LogP contribution in [0.5, 0.6) is 0 Å². The van der Waals surface area contributed by atoms with Gasteiger partial charge in [-0.2, -0.15) is 0 Å². The zero-order chi connectivity index (χ0) is 10.3. The lowest BCUT2D eigenvalue weighted by molar-refractivity contribution is 1.23. The summed E-state index contributed by atoms with van der Waals surface area (Å²) in [6, 6.07) is 10.3. The molecule has 2 nitrogen and oxygen atoms in total. The predicted molar refractivity (Wildman–Crippen MR) is 61.8 cm³/mol. The molecular formula is C13H10N2. The summed E-state index contributed by atoms with van der Waals surface area (Å²) < 4.78 is 0. The summed E-state index contributed by atoms with van der Waals surface area (Å²) in [5.74, 6) is 0. The second kappa shape index (κ2) is 3.02. The van der Waals surface area contributed by atoms with Gasteiger partial charge in [0.25, 0.3) is 0 Å². The molecule has 0 aliphatic heterocycles. The first-order valence-electron chi connectivity index (χ1n) is 4.95. The van der Waals surface area contributed by atoms with Crippen molar-refractivity contribution in [2.75, 3.05) is 0 Å². The van der Waals surface area contributed by atoms with Gasteiger partial charge >= 0.3 is 0 Å². The van der Waals surface area contributed by atoms with Gasteiger partial charge in [0.1, 0.15) is 0 Å². The topological polar surface area (TPSA) is 25.8 Å². The quantitative estimate of drug-likeness (QED) is 0.514. The van der Waals surface area contributed by atoms with Crippen LogP contribution in [0.4, 0.5) is 0 Å². The lowest BCUT2D eigenvalue weighted by Gasteiger charge is -2.03. The molecule has 0 N–H and O–H groups in total. The van der Waals surface area contributed by atoms with Crippen LogP contribution in [0.3, 0.4) is 0 Å². The molecule has 15 heavy (non-hydrogen) atoms. The second-order valence-electron chi connectivity index (χ2n) is 3.68. The van der Waals surface area contributed by atoms with E-state index >= 15 is 0 Å². The Hall–Kier alpha value is -1.96. The van der Waals surface area contributed by atoms with Crippen LogP contribution in [0, 0.1) is 6.92 Å². The van der Waals surface area contributed by atoms with Crippen molar-refractivity contribution in [3.63, 3.8) is 0 Å². The van der Waals surface area contributed by atoms with Gasteiger partial charge in [0.15, 0.2) is 0 Å². The Kier molecular flexibility index (Phi) is 1.68. The largest absolute Gasteiger partial charge is 0.261 e. The Labute approximate surface area is 87.6 Å². The van der Waals surface area contributed by atoms with Crippen molar-refractivity contribution in [1.82, 2.24) is 9.97 Å². The number of nitrogens with zero attached hydrogens (tertiary/aromatic N) is 2. The lowest BCUT2D eigenvalue weighted by Crippen LogP contribution is -1.84. The Balaban J connectivity index is 2.57. The second-order valence-corrected chi connectivity index (χ2v) is 3.68. The molecule has 0 saturated carbocycles. The number of hydrogen-bond acceptors (Lipinski definition) is 2. The van der Waals surface area contributed by atoms with Crippen molar-refractivity contribution in [1.29, 1.82) is 0 Å². The first-order chi connectivity index (χ1) is 7.34. The Morgan fingerprint density at radius 2 is 1.93 bits per heavy atom. The molecule has 3 aromatic rings. The summed E-state index contributed by atoms with van der Waals surface area (Å²) >= 11 is 0. The molecule has 2 aromatic heterocycles. The third-order valence-corrected chi connectivity index (χ3v) is 2.62. The monoisotopic (exact) mass is 194 g/mol. The molecule has 0 saturated heterocycles. The van der Waals surface area contributed by atoms with Gasteiger partial charge in [-0.25, -0.2) is 0 Å². The van der Waals surface area contributed by atoms with Crippen LogP contribution in [-0.4, -0.2) is 9.97 Å². The maximum atomic E-state index is 4.34. The molecule has 0 bridgehead atoms. The SMILES string of the molecule is Cc1cc2c(ccc3ncccc32)cn1. The summed E-state index contributed by atoms with van der Waals surface area (Å²) in [6.07, 6.45) is 3.74. The van der Waals surface area contributed by atoms with E-state index in [1.165, 1.54) is 16.2 Å². The van der Waals surface area contributed by atoms with E-state index in [1.807, 2.05) is 31.5 Å². The predicted octanol–water partition coefficient (Wildman–Crippen LogP) is 3.09. The minimum atomic E-state index is 1.04. The molecule has 0 spiro atoms. The maximum Gasteiger partial charge on any atom is 0.0708 e. The van der Waals surface area contributed by atoms with Gasteiger partial charge in [-0.1, -0.05) is 12.1 Å². The maximum absolute atomic E-state index is 4.34. The Morgan fingerprint density at radius 1 is 1.00 bits per heavy atom. The Morgan fingerprint density at radius 3 is 2.87 bits per heavy atom. The molecule has 2 heteroatoms. The summed E-state index contributed by atoms with van der Waals surface area (Å²) in [6.45, 7) is 2.01. The first kappa shape index (κ1) is 8.36. The molecule has 0 aliphatic carbocycles. The van der Waals surface area contributed by atoms with E-state index in [0.717, 1.165) is 11.2 Å². The fourth-order valence-electron chi connectivity index (χ4n) is 1.88. The van der Waals surface area contributed by atoms with Crippen molar-refractivity contribution >= 4 is 21.7 Å². The molecule has 0 aliphatic rings. The van der Waals surface area contributed by atoms with Gasteiger partial charge in [0.05, 0.1) is 5.52 Å². The molecule has 0 amide bonds. The lowest BCUT2D eigenvalue weighted by atomic mass is 10.1. The average Bonchev–Trinajstić information content (AvgIpc) is 2.29. The number of benzene rings is 1. The first-order valence-corrected chi connectivity index (χ1v) is 4.95. The van der Waals surface area contributed by atoms with Crippen molar-refractivity contribution in [3.05, 3.63) is 48.4 Å². The van der Waals surface area contributed by atoms with Crippen LogP contribution in [0.1, 0.15) is 5.69 Å². The number of pyridine rings is 2. The van der Waals surface area contributed by atoms with Crippen LogP contribution < -0.4 is 0 Å². The molecule has 0 fully saturated rings. The summed E-state index contributed by atoms with van der Waals surface area (Å²) in [7, 11) is 0. The standard InChI is InChI=1S/C13H10N2/c1-9-7-12-10(8-15-9)4-5-13-11(12)3-2-6-14-13/h2-8H,1H3. The van der Waals surface area contributed by atoms with E-state index in [2.05, 4.69) is 28.2 Å². The van der Waals surface area contributed by atoms with E-state index in [0.29, 0.717) is 0 Å². The molecule has 0 unspecified atom stereocenters. The average molecular weight is 194 g/mol. The third-order valence-electron chi connectivity index (χ3n) is 2.62. The normalized spacial score (nSPS) is 11.0. The van der Waals surface area contributed by atoms with E-state index < -0.39 is 0 Å². The minimum Gasteiger partial charge on any atom is -0.261 e. The molecule has 1 aromatic carbocycles. The van der Waals surface area contributed by atoms with Crippen LogP contribution >= 0.6 is 0 Å². The molecular weight excluding hydrogens is 184 g/mol. The number of fused-ring (bicyclic) bond motifs is 3. The molecule has 72 valence electrons. The van der Waals surface area contributed by atoms with Crippen LogP contribution in [0.2, 0.25) is 0 Å². The molecule has 3 rings (SSSR count). The number of aromatic nitrogens is 2. The van der Waals surface area contributed by atoms with Crippen LogP contribution in [0.25, 0.3) is 21.7 Å². The van der Waals surface area contributed by atoms with E-state index in [9.17, 15) is 0 Å². The zero-order valence-electron chi connectivity index (χ0n) is 8.44. The molecule has 0 radical (unpaired) electrons. The highest BCUT2D eigenvalue weighted by Gasteiger charge is 2.00. The number of hydrogen-bond donors (Lipinski definition) is 0. The van der Waals surface area contributed by atoms with E-state index in [4.69, 9.17) is 0 Å². The van der Waals surface area contributed by atoms with Crippen LogP contribution in [-0.2, 0) is 0 Å². The molecule has 0 atom stereocenters. The Bertz CT molecular complexity index is 644. The van der Waals surface area contributed by atoms with Gasteiger partial charge in [0, 0.05) is 28.9 Å². The van der Waals surface area contributed by atoms with E-state index in [-0.39, 0.29) is 0 Å². The highest BCUT2D eigenvalue weighted by Crippen LogP contribution is 2.23. The third kappa shape index (κ3) is 1.26.